The molecule has 1 aromatic carbocycles. The van der Waals surface area contributed by atoms with Gasteiger partial charge in [-0.2, -0.15) is 18.9 Å². The van der Waals surface area contributed by atoms with E-state index in [-0.39, 0.29) is 22.0 Å². The molecule has 0 radical (unpaired) electrons. The summed E-state index contributed by atoms with van der Waals surface area (Å²) in [6.07, 6.45) is 1.18. The molecular weight excluding hydrogens is 332 g/mol. The number of aromatic amines is 1. The molecule has 1 aromatic heterocycles. The van der Waals surface area contributed by atoms with Crippen LogP contribution < -0.4 is 5.32 Å². The molecule has 0 aliphatic heterocycles. The molecule has 2 rings (SSSR count). The van der Waals surface area contributed by atoms with Crippen molar-refractivity contribution < 1.29 is 13.0 Å². The van der Waals surface area contributed by atoms with Gasteiger partial charge in [0.2, 0.25) is 5.82 Å². The number of benzene rings is 1. The Bertz CT molecular complexity index is 870. The molecule has 0 bridgehead atoms. The minimum atomic E-state index is -4.46. The number of hydrogen-bond acceptors (Lipinski definition) is 7. The lowest BCUT2D eigenvalue weighted by Gasteiger charge is -2.09. The lowest BCUT2D eigenvalue weighted by molar-refractivity contribution is 0.483. The Morgan fingerprint density at radius 1 is 1.55 bits per heavy atom. The van der Waals surface area contributed by atoms with Crippen LogP contribution in [0, 0.1) is 18.3 Å². The van der Waals surface area contributed by atoms with E-state index >= 15 is 0 Å². The smallest absolute Gasteiger partial charge is 0.296 e. The summed E-state index contributed by atoms with van der Waals surface area (Å²) in [5.74, 6) is 0.0293. The van der Waals surface area contributed by atoms with Gasteiger partial charge in [0, 0.05) is 11.2 Å². The van der Waals surface area contributed by atoms with Crippen molar-refractivity contribution in [1.82, 2.24) is 20.6 Å². The fourth-order valence-corrected chi connectivity index (χ4v) is 2.44. The molecule has 0 atom stereocenters. The maximum absolute atomic E-state index is 11.4. The van der Waals surface area contributed by atoms with Gasteiger partial charge in [0.1, 0.15) is 16.5 Å². The van der Waals surface area contributed by atoms with Crippen molar-refractivity contribution >= 4 is 33.0 Å². The largest absolute Gasteiger partial charge is 0.359 e. The number of aryl methyl sites for hydroxylation is 1. The van der Waals surface area contributed by atoms with Crippen molar-refractivity contribution in [2.75, 3.05) is 5.32 Å². The zero-order valence-corrected chi connectivity index (χ0v) is 12.6. The van der Waals surface area contributed by atoms with Gasteiger partial charge in [-0.1, -0.05) is 11.6 Å². The molecule has 0 spiro atoms. The SMILES string of the molecule is Cc1cc(S(=O)(=O)O)c(NC=C(C#N)c2nn[nH]n2)cc1Cl. The Morgan fingerprint density at radius 2 is 2.27 bits per heavy atom. The summed E-state index contributed by atoms with van der Waals surface area (Å²) >= 11 is 5.94. The Kier molecular flexibility index (Phi) is 4.41. The molecule has 0 saturated carbocycles. The number of hydrogen-bond donors (Lipinski definition) is 3. The summed E-state index contributed by atoms with van der Waals surface area (Å²) in [6, 6.07) is 4.37. The van der Waals surface area contributed by atoms with Gasteiger partial charge in [-0.05, 0) is 29.8 Å². The van der Waals surface area contributed by atoms with Crippen LogP contribution in [0.2, 0.25) is 5.02 Å². The Balaban J connectivity index is 2.46. The molecule has 0 aliphatic rings. The molecule has 0 amide bonds. The van der Waals surface area contributed by atoms with Crippen molar-refractivity contribution in [3.05, 3.63) is 34.7 Å². The molecule has 0 unspecified atom stereocenters. The van der Waals surface area contributed by atoms with Crippen LogP contribution in [0.4, 0.5) is 5.69 Å². The molecule has 114 valence electrons. The van der Waals surface area contributed by atoms with Crippen LogP contribution in [0.1, 0.15) is 11.4 Å². The molecule has 0 saturated heterocycles. The van der Waals surface area contributed by atoms with Crippen LogP contribution in [-0.4, -0.2) is 33.6 Å². The minimum Gasteiger partial charge on any atom is -0.359 e. The highest BCUT2D eigenvalue weighted by Gasteiger charge is 2.17. The van der Waals surface area contributed by atoms with E-state index in [4.69, 9.17) is 16.9 Å². The number of anilines is 1. The summed E-state index contributed by atoms with van der Waals surface area (Å²) in [4.78, 5) is -0.365. The Morgan fingerprint density at radius 3 is 2.82 bits per heavy atom. The van der Waals surface area contributed by atoms with Crippen LogP contribution in [0.3, 0.4) is 0 Å². The van der Waals surface area contributed by atoms with Gasteiger partial charge in [-0.15, -0.1) is 10.2 Å². The van der Waals surface area contributed by atoms with E-state index in [0.29, 0.717) is 10.6 Å². The minimum absolute atomic E-state index is 0.00624. The number of nitriles is 1. The van der Waals surface area contributed by atoms with Crippen LogP contribution >= 0.6 is 11.6 Å². The molecule has 0 aliphatic carbocycles. The monoisotopic (exact) mass is 340 g/mol. The molecule has 0 fully saturated rings. The third kappa shape index (κ3) is 3.40. The van der Waals surface area contributed by atoms with Crippen LogP contribution in [0.15, 0.2) is 23.2 Å². The second-order valence-electron chi connectivity index (χ2n) is 4.12. The fourth-order valence-electron chi connectivity index (χ4n) is 1.55. The van der Waals surface area contributed by atoms with E-state index in [9.17, 15) is 13.0 Å². The summed E-state index contributed by atoms with van der Waals surface area (Å²) in [5.41, 5.74) is 0.489. The van der Waals surface area contributed by atoms with E-state index in [1.165, 1.54) is 18.3 Å². The first-order chi connectivity index (χ1) is 10.3. The number of allylic oxidation sites excluding steroid dienone is 1. The predicted molar refractivity (Wildman–Crippen MR) is 77.4 cm³/mol. The first-order valence-corrected chi connectivity index (χ1v) is 7.53. The summed E-state index contributed by atoms with van der Waals surface area (Å²) in [7, 11) is -4.46. The second kappa shape index (κ2) is 6.10. The van der Waals surface area contributed by atoms with E-state index in [1.54, 1.807) is 6.92 Å². The molecule has 1 heterocycles. The fraction of sp³-hybridized carbons (Fsp3) is 0.0909. The van der Waals surface area contributed by atoms with E-state index in [2.05, 4.69) is 25.9 Å². The van der Waals surface area contributed by atoms with Crippen molar-refractivity contribution in [2.24, 2.45) is 0 Å². The lowest BCUT2D eigenvalue weighted by atomic mass is 10.2. The Labute approximate surface area is 130 Å². The summed E-state index contributed by atoms with van der Waals surface area (Å²) in [5, 5.41) is 24.7. The standard InChI is InChI=1S/C11H9ClN6O3S/c1-6-2-10(22(19,20)21)9(3-8(6)12)14-5-7(4-13)11-15-17-18-16-11/h2-3,5,14H,1H3,(H,19,20,21)(H,15,16,17,18). The maximum atomic E-state index is 11.4. The molecule has 9 nitrogen and oxygen atoms in total. The number of H-pyrrole nitrogens is 1. The number of aromatic nitrogens is 4. The second-order valence-corrected chi connectivity index (χ2v) is 5.92. The third-order valence-corrected chi connectivity index (χ3v) is 3.92. The van der Waals surface area contributed by atoms with Crippen LogP contribution in [-0.2, 0) is 10.1 Å². The van der Waals surface area contributed by atoms with Gasteiger partial charge in [-0.25, -0.2) is 0 Å². The highest BCUT2D eigenvalue weighted by Crippen LogP contribution is 2.28. The van der Waals surface area contributed by atoms with Crippen molar-refractivity contribution in [3.8, 4) is 6.07 Å². The maximum Gasteiger partial charge on any atom is 0.296 e. The van der Waals surface area contributed by atoms with E-state index in [0.717, 1.165) is 0 Å². The zero-order valence-electron chi connectivity index (χ0n) is 11.1. The lowest BCUT2D eigenvalue weighted by Crippen LogP contribution is -2.04. The first-order valence-electron chi connectivity index (χ1n) is 5.71. The highest BCUT2D eigenvalue weighted by molar-refractivity contribution is 7.86. The molecule has 3 N–H and O–H groups in total. The summed E-state index contributed by atoms with van der Waals surface area (Å²) < 4.78 is 32.1. The molecule has 2 aromatic rings. The van der Waals surface area contributed by atoms with Gasteiger partial charge >= 0.3 is 0 Å². The van der Waals surface area contributed by atoms with Crippen LogP contribution in [0.25, 0.3) is 5.57 Å². The summed E-state index contributed by atoms with van der Waals surface area (Å²) in [6.45, 7) is 1.59. The average Bonchev–Trinajstić information content (AvgIpc) is 2.96. The van der Waals surface area contributed by atoms with Gasteiger partial charge in [-0.3, -0.25) is 4.55 Å². The Hall–Kier alpha value is -2.48. The van der Waals surface area contributed by atoms with Crippen molar-refractivity contribution in [1.29, 1.82) is 5.26 Å². The van der Waals surface area contributed by atoms with Gasteiger partial charge in [0.15, 0.2) is 0 Å². The van der Waals surface area contributed by atoms with E-state index < -0.39 is 10.1 Å². The molecule has 11 heteroatoms. The van der Waals surface area contributed by atoms with Gasteiger partial charge in [0.05, 0.1) is 5.69 Å². The quantitative estimate of drug-likeness (QED) is 0.559. The number of nitrogens with one attached hydrogen (secondary N) is 2. The van der Waals surface area contributed by atoms with Crippen molar-refractivity contribution in [3.63, 3.8) is 0 Å². The number of halogens is 1. The van der Waals surface area contributed by atoms with Crippen molar-refractivity contribution in [2.45, 2.75) is 11.8 Å². The average molecular weight is 341 g/mol. The van der Waals surface area contributed by atoms with Gasteiger partial charge in [0.25, 0.3) is 10.1 Å². The van der Waals surface area contributed by atoms with Crippen LogP contribution in [0.5, 0.6) is 0 Å². The molecular formula is C11H9ClN6O3S. The predicted octanol–water partition coefficient (Wildman–Crippen LogP) is 1.38. The number of rotatable bonds is 4. The zero-order chi connectivity index (χ0) is 16.3. The highest BCUT2D eigenvalue weighted by atomic mass is 35.5. The normalized spacial score (nSPS) is 12.0. The first kappa shape index (κ1) is 15.9. The molecule has 22 heavy (non-hydrogen) atoms. The van der Waals surface area contributed by atoms with E-state index in [1.807, 2.05) is 6.07 Å². The topological polar surface area (TPSA) is 145 Å². The third-order valence-electron chi connectivity index (χ3n) is 2.62. The number of nitrogens with zero attached hydrogens (tertiary/aromatic N) is 4. The number of tetrazole rings is 1. The van der Waals surface area contributed by atoms with Gasteiger partial charge < -0.3 is 5.32 Å².